The summed E-state index contributed by atoms with van der Waals surface area (Å²) in [6.45, 7) is 2.00. The third-order valence-electron chi connectivity index (χ3n) is 3.19. The molecular weight excluding hydrogens is 276 g/mol. The molecule has 0 aliphatic rings. The maximum absolute atomic E-state index is 4.42. The van der Waals surface area contributed by atoms with E-state index in [1.165, 1.54) is 11.1 Å². The molecule has 3 heteroatoms. The molecular formula is C18H16N2S. The van der Waals surface area contributed by atoms with Gasteiger partial charge in [-0.25, -0.2) is 9.97 Å². The van der Waals surface area contributed by atoms with Gasteiger partial charge in [0.2, 0.25) is 0 Å². The van der Waals surface area contributed by atoms with E-state index in [1.807, 2.05) is 31.5 Å². The minimum atomic E-state index is 0.204. The van der Waals surface area contributed by atoms with E-state index in [-0.39, 0.29) is 5.25 Å². The molecule has 2 nitrogen and oxygen atoms in total. The molecule has 0 radical (unpaired) electrons. The van der Waals surface area contributed by atoms with Gasteiger partial charge < -0.3 is 0 Å². The van der Waals surface area contributed by atoms with Crippen molar-refractivity contribution in [1.82, 2.24) is 9.97 Å². The summed E-state index contributed by atoms with van der Waals surface area (Å²) in [4.78, 5) is 8.84. The third kappa shape index (κ3) is 3.50. The number of hydrogen-bond acceptors (Lipinski definition) is 3. The van der Waals surface area contributed by atoms with Crippen LogP contribution in [0.5, 0.6) is 0 Å². The normalized spacial score (nSPS) is 10.8. The molecule has 0 saturated carbocycles. The summed E-state index contributed by atoms with van der Waals surface area (Å²) in [6.07, 6.45) is 3.73. The summed E-state index contributed by atoms with van der Waals surface area (Å²) >= 11 is 1.68. The van der Waals surface area contributed by atoms with Gasteiger partial charge in [0, 0.05) is 12.4 Å². The van der Waals surface area contributed by atoms with Gasteiger partial charge in [-0.05, 0) is 23.6 Å². The summed E-state index contributed by atoms with van der Waals surface area (Å²) in [7, 11) is 0. The molecule has 1 aromatic heterocycles. The van der Waals surface area contributed by atoms with Crippen molar-refractivity contribution >= 4 is 11.8 Å². The number of nitrogens with zero attached hydrogens (tertiary/aromatic N) is 2. The van der Waals surface area contributed by atoms with Gasteiger partial charge >= 0.3 is 0 Å². The zero-order valence-electron chi connectivity index (χ0n) is 11.8. The molecule has 104 valence electrons. The average molecular weight is 292 g/mol. The Balaban J connectivity index is 1.95. The SMILES string of the molecule is Cc1cnc(SC(c2ccccc2)c2ccccc2)nc1. The Bertz CT molecular complexity index is 642. The average Bonchev–Trinajstić information content (AvgIpc) is 2.56. The Kier molecular flexibility index (Phi) is 4.31. The number of hydrogen-bond donors (Lipinski definition) is 0. The summed E-state index contributed by atoms with van der Waals surface area (Å²) < 4.78 is 0. The van der Waals surface area contributed by atoms with E-state index in [4.69, 9.17) is 0 Å². The van der Waals surface area contributed by atoms with Gasteiger partial charge in [0.25, 0.3) is 0 Å². The predicted molar refractivity (Wildman–Crippen MR) is 87.4 cm³/mol. The van der Waals surface area contributed by atoms with Crippen molar-refractivity contribution in [3.05, 3.63) is 89.7 Å². The molecule has 0 spiro atoms. The maximum atomic E-state index is 4.42. The van der Waals surface area contributed by atoms with E-state index < -0.39 is 0 Å². The van der Waals surface area contributed by atoms with Crippen molar-refractivity contribution in [3.8, 4) is 0 Å². The lowest BCUT2D eigenvalue weighted by molar-refractivity contribution is 0.942. The summed E-state index contributed by atoms with van der Waals surface area (Å²) in [6, 6.07) is 21.0. The van der Waals surface area contributed by atoms with Gasteiger partial charge in [0.05, 0.1) is 5.25 Å². The van der Waals surface area contributed by atoms with Crippen molar-refractivity contribution in [3.63, 3.8) is 0 Å². The van der Waals surface area contributed by atoms with Crippen molar-refractivity contribution in [2.75, 3.05) is 0 Å². The lowest BCUT2D eigenvalue weighted by Crippen LogP contribution is -1.98. The first-order valence-electron chi connectivity index (χ1n) is 6.88. The highest BCUT2D eigenvalue weighted by atomic mass is 32.2. The second-order valence-electron chi connectivity index (χ2n) is 4.86. The molecule has 0 aliphatic carbocycles. The molecule has 1 heterocycles. The van der Waals surface area contributed by atoms with Gasteiger partial charge in [-0.1, -0.05) is 72.4 Å². The number of aromatic nitrogens is 2. The van der Waals surface area contributed by atoms with E-state index in [1.54, 1.807) is 11.8 Å². The molecule has 0 amide bonds. The molecule has 3 aromatic rings. The Labute approximate surface area is 129 Å². The van der Waals surface area contributed by atoms with Gasteiger partial charge in [-0.15, -0.1) is 0 Å². The van der Waals surface area contributed by atoms with Crippen LogP contribution in [0.1, 0.15) is 21.9 Å². The Morgan fingerprint density at radius 1 is 0.762 bits per heavy atom. The van der Waals surface area contributed by atoms with Crippen LogP contribution in [-0.2, 0) is 0 Å². The van der Waals surface area contributed by atoms with Crippen LogP contribution in [0.25, 0.3) is 0 Å². The fraction of sp³-hybridized carbons (Fsp3) is 0.111. The molecule has 0 unspecified atom stereocenters. The van der Waals surface area contributed by atoms with Crippen molar-refractivity contribution in [1.29, 1.82) is 0 Å². The topological polar surface area (TPSA) is 25.8 Å². The van der Waals surface area contributed by atoms with Crippen molar-refractivity contribution in [2.24, 2.45) is 0 Å². The zero-order chi connectivity index (χ0) is 14.5. The standard InChI is InChI=1S/C18H16N2S/c1-14-12-19-18(20-13-14)21-17(15-8-4-2-5-9-15)16-10-6-3-7-11-16/h2-13,17H,1H3. The molecule has 2 aromatic carbocycles. The minimum absolute atomic E-state index is 0.204. The number of thioether (sulfide) groups is 1. The van der Waals surface area contributed by atoms with E-state index in [2.05, 4.69) is 58.5 Å². The molecule has 0 aliphatic heterocycles. The number of aryl methyl sites for hydroxylation is 1. The lowest BCUT2D eigenvalue weighted by atomic mass is 10.0. The fourth-order valence-corrected chi connectivity index (χ4v) is 3.16. The molecule has 0 saturated heterocycles. The van der Waals surface area contributed by atoms with Crippen LogP contribution < -0.4 is 0 Å². The Hall–Kier alpha value is -2.13. The lowest BCUT2D eigenvalue weighted by Gasteiger charge is -2.16. The number of benzene rings is 2. The number of rotatable bonds is 4. The molecule has 0 N–H and O–H groups in total. The van der Waals surface area contributed by atoms with Crippen LogP contribution in [0, 0.1) is 6.92 Å². The summed E-state index contributed by atoms with van der Waals surface area (Å²) in [5, 5.41) is 1.01. The molecule has 0 atom stereocenters. The maximum Gasteiger partial charge on any atom is 0.188 e. The third-order valence-corrected chi connectivity index (χ3v) is 4.39. The van der Waals surface area contributed by atoms with E-state index >= 15 is 0 Å². The van der Waals surface area contributed by atoms with E-state index in [9.17, 15) is 0 Å². The molecule has 21 heavy (non-hydrogen) atoms. The predicted octanol–water partition coefficient (Wildman–Crippen LogP) is 4.67. The monoisotopic (exact) mass is 292 g/mol. The highest BCUT2D eigenvalue weighted by Gasteiger charge is 2.16. The van der Waals surface area contributed by atoms with Crippen LogP contribution in [0.4, 0.5) is 0 Å². The molecule has 0 fully saturated rings. The van der Waals surface area contributed by atoms with Crippen LogP contribution in [0.2, 0.25) is 0 Å². The first-order chi connectivity index (χ1) is 10.3. The smallest absolute Gasteiger partial charge is 0.188 e. The van der Waals surface area contributed by atoms with E-state index in [0.29, 0.717) is 0 Å². The van der Waals surface area contributed by atoms with Gasteiger partial charge in [0.15, 0.2) is 5.16 Å². The van der Waals surface area contributed by atoms with Gasteiger partial charge in [-0.2, -0.15) is 0 Å². The van der Waals surface area contributed by atoms with Crippen LogP contribution in [-0.4, -0.2) is 9.97 Å². The van der Waals surface area contributed by atoms with Crippen molar-refractivity contribution in [2.45, 2.75) is 17.3 Å². The minimum Gasteiger partial charge on any atom is -0.231 e. The molecule has 0 bridgehead atoms. The van der Waals surface area contributed by atoms with Gasteiger partial charge in [-0.3, -0.25) is 0 Å². The van der Waals surface area contributed by atoms with E-state index in [0.717, 1.165) is 10.7 Å². The second-order valence-corrected chi connectivity index (χ2v) is 5.93. The zero-order valence-corrected chi connectivity index (χ0v) is 12.6. The second kappa shape index (κ2) is 6.55. The highest BCUT2D eigenvalue weighted by Crippen LogP contribution is 2.38. The summed E-state index contributed by atoms with van der Waals surface area (Å²) in [5.41, 5.74) is 3.60. The van der Waals surface area contributed by atoms with Crippen LogP contribution >= 0.6 is 11.8 Å². The first kappa shape index (κ1) is 13.8. The van der Waals surface area contributed by atoms with Crippen LogP contribution in [0.15, 0.2) is 78.2 Å². The largest absolute Gasteiger partial charge is 0.231 e. The quantitative estimate of drug-likeness (QED) is 0.516. The summed E-state index contributed by atoms with van der Waals surface area (Å²) in [5.74, 6) is 0. The highest BCUT2D eigenvalue weighted by molar-refractivity contribution is 7.99. The van der Waals surface area contributed by atoms with Crippen LogP contribution in [0.3, 0.4) is 0 Å². The first-order valence-corrected chi connectivity index (χ1v) is 7.76. The fourth-order valence-electron chi connectivity index (χ4n) is 2.13. The van der Waals surface area contributed by atoms with Gasteiger partial charge in [0.1, 0.15) is 0 Å². The molecule has 3 rings (SSSR count). The Morgan fingerprint density at radius 2 is 1.24 bits per heavy atom. The van der Waals surface area contributed by atoms with Crippen molar-refractivity contribution < 1.29 is 0 Å². The Morgan fingerprint density at radius 3 is 1.71 bits per heavy atom.